The van der Waals surface area contributed by atoms with Crippen molar-refractivity contribution < 1.29 is 19.1 Å². The number of fused-ring (bicyclic) bond motifs is 9. The Morgan fingerprint density at radius 3 is 1.61 bits per heavy atom. The summed E-state index contributed by atoms with van der Waals surface area (Å²) in [5.41, 5.74) is 0.776. The zero-order chi connectivity index (χ0) is 13.1. The number of rotatable bonds is 0. The van der Waals surface area contributed by atoms with Gasteiger partial charge in [0.2, 0.25) is 0 Å². The van der Waals surface area contributed by atoms with E-state index in [-0.39, 0.29) is 0 Å². The molecule has 0 aliphatic carbocycles. The van der Waals surface area contributed by atoms with Gasteiger partial charge in [-0.15, -0.1) is 0 Å². The predicted octanol–water partition coefficient (Wildman–Crippen LogP) is 3.32. The zero-order valence-electron chi connectivity index (χ0n) is 9.37. The lowest BCUT2D eigenvalue weighted by molar-refractivity contribution is 0.0425. The summed E-state index contributed by atoms with van der Waals surface area (Å²) in [6, 6.07) is 3.10. The largest absolute Gasteiger partial charge is 0.462 e. The Balaban J connectivity index is 2.46. The molecule has 2 heterocycles. The highest BCUT2D eigenvalue weighted by Crippen LogP contribution is 2.31. The van der Waals surface area contributed by atoms with Crippen LogP contribution < -0.4 is 0 Å². The third-order valence-corrected chi connectivity index (χ3v) is 4.71. The van der Waals surface area contributed by atoms with E-state index in [9.17, 15) is 9.59 Å². The molecular weight excluding hydrogens is 368 g/mol. The molecule has 0 saturated carbocycles. The average Bonchev–Trinajstić information content (AvgIpc) is 2.34. The van der Waals surface area contributed by atoms with Crippen LogP contribution in [-0.4, -0.2) is 25.2 Å². The molecule has 0 N–H and O–H groups in total. The van der Waals surface area contributed by atoms with Crippen LogP contribution in [0.4, 0.5) is 0 Å². The van der Waals surface area contributed by atoms with E-state index >= 15 is 0 Å². The standard InChI is InChI=1S/C12H10Br2O4/c13-9-7-3-4-8(10(9)14)12(16)18-6-2-1-5-17-11(7)15/h3-4H,1-2,5-6H2. The second-order valence-electron chi connectivity index (χ2n) is 3.77. The Kier molecular flexibility index (Phi) is 4.40. The van der Waals surface area contributed by atoms with Gasteiger partial charge in [0, 0.05) is 8.95 Å². The summed E-state index contributed by atoms with van der Waals surface area (Å²) < 4.78 is 11.3. The van der Waals surface area contributed by atoms with Gasteiger partial charge in [-0.05, 0) is 56.8 Å². The van der Waals surface area contributed by atoms with Gasteiger partial charge in [0.1, 0.15) is 0 Å². The van der Waals surface area contributed by atoms with Gasteiger partial charge in [-0.1, -0.05) is 0 Å². The summed E-state index contributed by atoms with van der Waals surface area (Å²) in [5.74, 6) is -0.800. The molecule has 3 rings (SSSR count). The van der Waals surface area contributed by atoms with Gasteiger partial charge in [-0.2, -0.15) is 0 Å². The summed E-state index contributed by atoms with van der Waals surface area (Å²) in [4.78, 5) is 23.6. The van der Waals surface area contributed by atoms with Gasteiger partial charge in [0.25, 0.3) is 0 Å². The summed E-state index contributed by atoms with van der Waals surface area (Å²) in [6.45, 7) is 0.643. The number of hydrogen-bond donors (Lipinski definition) is 0. The minimum absolute atomic E-state index is 0.322. The first kappa shape index (κ1) is 13.5. The molecule has 4 nitrogen and oxygen atoms in total. The van der Waals surface area contributed by atoms with Gasteiger partial charge in [0.15, 0.2) is 0 Å². The number of carbonyl (C=O) groups is 2. The summed E-state index contributed by atoms with van der Waals surface area (Å²) >= 11 is 6.57. The van der Waals surface area contributed by atoms with E-state index in [2.05, 4.69) is 31.9 Å². The van der Waals surface area contributed by atoms with E-state index < -0.39 is 11.9 Å². The lowest BCUT2D eigenvalue weighted by Gasteiger charge is -2.13. The molecule has 0 spiro atoms. The molecule has 2 bridgehead atoms. The third kappa shape index (κ3) is 2.75. The zero-order valence-corrected chi connectivity index (χ0v) is 12.5. The van der Waals surface area contributed by atoms with Crippen molar-refractivity contribution in [2.75, 3.05) is 13.2 Å². The van der Waals surface area contributed by atoms with Crippen molar-refractivity contribution in [3.63, 3.8) is 0 Å². The monoisotopic (exact) mass is 376 g/mol. The maximum atomic E-state index is 11.8. The first-order valence-electron chi connectivity index (χ1n) is 5.43. The molecular formula is C12H10Br2O4. The van der Waals surface area contributed by atoms with Crippen LogP contribution in [0.5, 0.6) is 0 Å². The first-order chi connectivity index (χ1) is 8.61. The molecule has 6 heteroatoms. The summed E-state index contributed by atoms with van der Waals surface area (Å²) in [6.07, 6.45) is 1.35. The molecule has 0 aromatic heterocycles. The first-order valence-corrected chi connectivity index (χ1v) is 7.02. The molecule has 1 aromatic rings. The predicted molar refractivity (Wildman–Crippen MR) is 71.6 cm³/mol. The topological polar surface area (TPSA) is 52.6 Å². The highest BCUT2D eigenvalue weighted by molar-refractivity contribution is 9.13. The van der Waals surface area contributed by atoms with Crippen LogP contribution in [0, 0.1) is 0 Å². The van der Waals surface area contributed by atoms with Crippen molar-refractivity contribution in [2.24, 2.45) is 0 Å². The van der Waals surface area contributed by atoms with E-state index in [1.807, 2.05) is 0 Å². The average molecular weight is 378 g/mol. The van der Waals surface area contributed by atoms with Crippen LogP contribution in [0.2, 0.25) is 0 Å². The molecule has 0 unspecified atom stereocenters. The van der Waals surface area contributed by atoms with Crippen molar-refractivity contribution >= 4 is 43.8 Å². The molecule has 18 heavy (non-hydrogen) atoms. The smallest absolute Gasteiger partial charge is 0.339 e. The second kappa shape index (κ2) is 5.84. The fourth-order valence-corrected chi connectivity index (χ4v) is 2.57. The quantitative estimate of drug-likeness (QED) is 0.651. The Bertz CT molecular complexity index is 454. The van der Waals surface area contributed by atoms with Crippen LogP contribution in [0.25, 0.3) is 0 Å². The van der Waals surface area contributed by atoms with Crippen molar-refractivity contribution in [1.29, 1.82) is 0 Å². The lowest BCUT2D eigenvalue weighted by atomic mass is 10.1. The molecule has 1 aromatic carbocycles. The van der Waals surface area contributed by atoms with Gasteiger partial charge in [-0.3, -0.25) is 0 Å². The van der Waals surface area contributed by atoms with Crippen molar-refractivity contribution in [2.45, 2.75) is 12.8 Å². The maximum Gasteiger partial charge on any atom is 0.339 e. The molecule has 96 valence electrons. The Hall–Kier alpha value is -0.880. The minimum Gasteiger partial charge on any atom is -0.462 e. The summed E-state index contributed by atoms with van der Waals surface area (Å²) in [7, 11) is 0. The number of hydrogen-bond acceptors (Lipinski definition) is 4. The number of halogens is 2. The van der Waals surface area contributed by atoms with E-state index in [1.165, 1.54) is 0 Å². The lowest BCUT2D eigenvalue weighted by Crippen LogP contribution is -2.13. The number of esters is 2. The fourth-order valence-electron chi connectivity index (χ4n) is 1.55. The van der Waals surface area contributed by atoms with Gasteiger partial charge < -0.3 is 9.47 Å². The SMILES string of the molecule is O=C1OCCCCOC(=O)c2ccc1c(Br)c2Br. The molecule has 0 fully saturated rings. The number of benzene rings is 1. The molecule has 2 aliphatic rings. The number of carbonyl (C=O) groups excluding carboxylic acids is 2. The maximum absolute atomic E-state index is 11.8. The van der Waals surface area contributed by atoms with Gasteiger partial charge in [-0.25, -0.2) is 9.59 Å². The van der Waals surface area contributed by atoms with Gasteiger partial charge in [0.05, 0.1) is 24.3 Å². The molecule has 0 saturated heterocycles. The van der Waals surface area contributed by atoms with Crippen molar-refractivity contribution in [3.05, 3.63) is 32.2 Å². The highest BCUT2D eigenvalue weighted by Gasteiger charge is 2.21. The highest BCUT2D eigenvalue weighted by atomic mass is 79.9. The van der Waals surface area contributed by atoms with Crippen molar-refractivity contribution in [1.82, 2.24) is 0 Å². The van der Waals surface area contributed by atoms with Crippen LogP contribution in [0.3, 0.4) is 0 Å². The van der Waals surface area contributed by atoms with Crippen LogP contribution >= 0.6 is 31.9 Å². The minimum atomic E-state index is -0.400. The van der Waals surface area contributed by atoms with Crippen LogP contribution in [0.15, 0.2) is 21.1 Å². The molecule has 0 amide bonds. The van der Waals surface area contributed by atoms with E-state index in [0.717, 1.165) is 0 Å². The van der Waals surface area contributed by atoms with E-state index in [4.69, 9.17) is 9.47 Å². The molecule has 2 aliphatic heterocycles. The number of ether oxygens (including phenoxy) is 2. The van der Waals surface area contributed by atoms with Crippen LogP contribution in [0.1, 0.15) is 33.6 Å². The van der Waals surface area contributed by atoms with Crippen molar-refractivity contribution in [3.8, 4) is 0 Å². The summed E-state index contributed by atoms with van der Waals surface area (Å²) in [5, 5.41) is 0. The van der Waals surface area contributed by atoms with E-state index in [0.29, 0.717) is 46.1 Å². The Labute approximate surface area is 121 Å². The van der Waals surface area contributed by atoms with Gasteiger partial charge >= 0.3 is 11.9 Å². The molecule has 0 radical (unpaired) electrons. The van der Waals surface area contributed by atoms with E-state index in [1.54, 1.807) is 12.1 Å². The second-order valence-corrected chi connectivity index (χ2v) is 5.35. The third-order valence-electron chi connectivity index (χ3n) is 2.53. The Morgan fingerprint density at radius 2 is 1.22 bits per heavy atom. The normalized spacial score (nSPS) is 16.6. The molecule has 0 atom stereocenters. The Morgan fingerprint density at radius 1 is 0.833 bits per heavy atom. The van der Waals surface area contributed by atoms with Crippen LogP contribution in [-0.2, 0) is 9.47 Å². The fraction of sp³-hybridized carbons (Fsp3) is 0.333.